The lowest BCUT2D eigenvalue weighted by Crippen LogP contribution is -2.40. The van der Waals surface area contributed by atoms with E-state index in [1.54, 1.807) is 0 Å². The van der Waals surface area contributed by atoms with Crippen LogP contribution in [0.3, 0.4) is 0 Å². The van der Waals surface area contributed by atoms with Crippen molar-refractivity contribution in [3.63, 3.8) is 0 Å². The molecule has 1 aromatic heterocycles. The van der Waals surface area contributed by atoms with Crippen molar-refractivity contribution in [2.75, 3.05) is 26.3 Å². The number of ether oxygens (including phenoxy) is 1. The molecule has 0 atom stereocenters. The normalized spacial score (nSPS) is 16.1. The summed E-state index contributed by atoms with van der Waals surface area (Å²) >= 11 is 0.973. The van der Waals surface area contributed by atoms with Gasteiger partial charge in [0.1, 0.15) is 4.21 Å². The maximum Gasteiger partial charge on any atom is 0.417 e. The van der Waals surface area contributed by atoms with Gasteiger partial charge in [-0.05, 0) is 24.3 Å². The van der Waals surface area contributed by atoms with Gasteiger partial charge in [-0.15, -0.1) is 11.3 Å². The number of sulfonamides is 1. The highest BCUT2D eigenvalue weighted by Gasteiger charge is 2.34. The molecule has 0 aliphatic carbocycles. The number of thiophene rings is 1. The first-order valence-corrected chi connectivity index (χ1v) is 10.6. The minimum Gasteiger partial charge on any atom is -0.379 e. The molecule has 0 unspecified atom stereocenters. The number of hydrogen-bond acceptors (Lipinski definition) is 5. The highest BCUT2D eigenvalue weighted by molar-refractivity contribution is 7.91. The minimum atomic E-state index is -4.64. The maximum absolute atomic E-state index is 13.0. The Morgan fingerprint density at radius 2 is 1.82 bits per heavy atom. The summed E-state index contributed by atoms with van der Waals surface area (Å²) in [5.41, 5.74) is -1.50. The van der Waals surface area contributed by atoms with E-state index in [4.69, 9.17) is 4.74 Å². The number of halogens is 3. The van der Waals surface area contributed by atoms with Crippen molar-refractivity contribution in [3.8, 4) is 0 Å². The molecule has 2 heterocycles. The maximum atomic E-state index is 13.0. The van der Waals surface area contributed by atoms with Crippen molar-refractivity contribution in [2.45, 2.75) is 16.9 Å². The van der Waals surface area contributed by atoms with E-state index in [0.29, 0.717) is 18.1 Å². The quantitative estimate of drug-likeness (QED) is 0.785. The highest BCUT2D eigenvalue weighted by Crippen LogP contribution is 2.32. The number of hydrogen-bond donors (Lipinski definition) is 1. The van der Waals surface area contributed by atoms with Crippen LogP contribution in [0.1, 0.15) is 20.8 Å². The smallest absolute Gasteiger partial charge is 0.379 e. The first kappa shape index (κ1) is 20.8. The van der Waals surface area contributed by atoms with Crippen LogP contribution in [0.5, 0.6) is 0 Å². The summed E-state index contributed by atoms with van der Waals surface area (Å²) < 4.78 is 70.8. The van der Waals surface area contributed by atoms with Crippen LogP contribution in [0.2, 0.25) is 0 Å². The third-order valence-corrected chi connectivity index (χ3v) is 7.55. The minimum absolute atomic E-state index is 0.0751. The van der Waals surface area contributed by atoms with Crippen molar-refractivity contribution in [1.29, 1.82) is 0 Å². The zero-order chi connectivity index (χ0) is 20.4. The van der Waals surface area contributed by atoms with E-state index in [0.717, 1.165) is 23.5 Å². The largest absolute Gasteiger partial charge is 0.417 e. The Morgan fingerprint density at radius 3 is 2.50 bits per heavy atom. The molecular weight excluding hydrogens is 417 g/mol. The second kappa shape index (κ2) is 8.19. The molecule has 1 aromatic carbocycles. The summed E-state index contributed by atoms with van der Waals surface area (Å²) in [6, 6.07) is 7.46. The number of morpholine rings is 1. The topological polar surface area (TPSA) is 75.7 Å². The highest BCUT2D eigenvalue weighted by atomic mass is 32.2. The van der Waals surface area contributed by atoms with Gasteiger partial charge < -0.3 is 10.1 Å². The van der Waals surface area contributed by atoms with E-state index < -0.39 is 33.2 Å². The molecule has 28 heavy (non-hydrogen) atoms. The van der Waals surface area contributed by atoms with Gasteiger partial charge in [-0.25, -0.2) is 8.42 Å². The number of carbonyl (C=O) groups is 1. The third-order valence-electron chi connectivity index (χ3n) is 4.10. The van der Waals surface area contributed by atoms with E-state index >= 15 is 0 Å². The zero-order valence-corrected chi connectivity index (χ0v) is 16.2. The predicted octanol–water partition coefficient (Wildman–Crippen LogP) is 2.72. The zero-order valence-electron chi connectivity index (χ0n) is 14.5. The van der Waals surface area contributed by atoms with Crippen LogP contribution < -0.4 is 5.32 Å². The molecule has 1 aliphatic heterocycles. The molecule has 0 spiro atoms. The fourth-order valence-electron chi connectivity index (χ4n) is 2.70. The van der Waals surface area contributed by atoms with E-state index in [1.165, 1.54) is 28.6 Å². The summed E-state index contributed by atoms with van der Waals surface area (Å²) in [6.07, 6.45) is -4.64. The van der Waals surface area contributed by atoms with Gasteiger partial charge in [-0.1, -0.05) is 12.1 Å². The third kappa shape index (κ3) is 4.54. The summed E-state index contributed by atoms with van der Waals surface area (Å²) in [4.78, 5) is 12.7. The van der Waals surface area contributed by atoms with Gasteiger partial charge in [0.2, 0.25) is 0 Å². The lowest BCUT2D eigenvalue weighted by Gasteiger charge is -2.25. The second-order valence-corrected chi connectivity index (χ2v) is 9.30. The number of carbonyl (C=O) groups excluding carboxylic acids is 1. The molecule has 152 valence electrons. The molecule has 1 amide bonds. The number of amides is 1. The number of nitrogens with zero attached hydrogens (tertiary/aromatic N) is 1. The van der Waals surface area contributed by atoms with Crippen LogP contribution in [-0.4, -0.2) is 44.9 Å². The second-order valence-electron chi connectivity index (χ2n) is 5.96. The van der Waals surface area contributed by atoms with Crippen LogP contribution in [0.4, 0.5) is 13.2 Å². The average Bonchev–Trinajstić information content (AvgIpc) is 3.16. The Balaban J connectivity index is 1.69. The van der Waals surface area contributed by atoms with Gasteiger partial charge >= 0.3 is 6.18 Å². The number of nitrogens with one attached hydrogen (secondary N) is 1. The SMILES string of the molecule is O=C(NCc1ccc(S(=O)(=O)N2CCOCC2)s1)c1ccccc1C(F)(F)F. The molecule has 0 bridgehead atoms. The number of alkyl halides is 3. The summed E-state index contributed by atoms with van der Waals surface area (Å²) in [7, 11) is -3.65. The van der Waals surface area contributed by atoms with Gasteiger partial charge in [-0.2, -0.15) is 17.5 Å². The van der Waals surface area contributed by atoms with Crippen molar-refractivity contribution < 1.29 is 31.1 Å². The van der Waals surface area contributed by atoms with Crippen LogP contribution in [0.15, 0.2) is 40.6 Å². The molecule has 3 rings (SSSR count). The summed E-state index contributed by atoms with van der Waals surface area (Å²) in [6.45, 7) is 1.10. The van der Waals surface area contributed by atoms with Crippen molar-refractivity contribution in [3.05, 3.63) is 52.4 Å². The Labute approximate surface area is 164 Å². The number of benzene rings is 1. The molecule has 1 fully saturated rings. The van der Waals surface area contributed by atoms with Crippen LogP contribution >= 0.6 is 11.3 Å². The first-order chi connectivity index (χ1) is 13.2. The molecule has 11 heteroatoms. The van der Waals surface area contributed by atoms with E-state index in [1.807, 2.05) is 0 Å². The molecule has 1 saturated heterocycles. The Morgan fingerprint density at radius 1 is 1.14 bits per heavy atom. The molecule has 6 nitrogen and oxygen atoms in total. The van der Waals surface area contributed by atoms with Gasteiger partial charge in [-0.3, -0.25) is 4.79 Å². The summed E-state index contributed by atoms with van der Waals surface area (Å²) in [5, 5.41) is 2.42. The van der Waals surface area contributed by atoms with Gasteiger partial charge in [0.15, 0.2) is 0 Å². The molecule has 2 aromatic rings. The van der Waals surface area contributed by atoms with Crippen LogP contribution in [0.25, 0.3) is 0 Å². The molecule has 0 saturated carbocycles. The van der Waals surface area contributed by atoms with Gasteiger partial charge in [0.25, 0.3) is 15.9 Å². The van der Waals surface area contributed by atoms with Crippen molar-refractivity contribution >= 4 is 27.3 Å². The molecular formula is C17H17F3N2O4S2. The Kier molecular flexibility index (Phi) is 6.08. The van der Waals surface area contributed by atoms with Gasteiger partial charge in [0, 0.05) is 18.0 Å². The molecule has 1 aliphatic rings. The Hall–Kier alpha value is -1.95. The Bertz CT molecular complexity index is 951. The number of rotatable bonds is 5. The van der Waals surface area contributed by atoms with E-state index in [-0.39, 0.29) is 23.8 Å². The van der Waals surface area contributed by atoms with Gasteiger partial charge in [0.05, 0.1) is 30.9 Å². The standard InChI is InChI=1S/C17H17F3N2O4S2/c18-17(19,20)14-4-2-1-3-13(14)16(23)21-11-12-5-6-15(27-12)28(24,25)22-7-9-26-10-8-22/h1-6H,7-11H2,(H,21,23). The molecule has 0 radical (unpaired) electrons. The fourth-order valence-corrected chi connectivity index (χ4v) is 5.55. The van der Waals surface area contributed by atoms with Crippen LogP contribution in [-0.2, 0) is 27.5 Å². The van der Waals surface area contributed by atoms with Crippen molar-refractivity contribution in [2.24, 2.45) is 0 Å². The average molecular weight is 434 g/mol. The first-order valence-electron chi connectivity index (χ1n) is 8.30. The summed E-state index contributed by atoms with van der Waals surface area (Å²) in [5.74, 6) is -0.876. The van der Waals surface area contributed by atoms with Crippen LogP contribution in [0, 0.1) is 0 Å². The van der Waals surface area contributed by atoms with E-state index in [9.17, 15) is 26.4 Å². The fraction of sp³-hybridized carbons (Fsp3) is 0.353. The monoisotopic (exact) mass is 434 g/mol. The van der Waals surface area contributed by atoms with E-state index in [2.05, 4.69) is 5.32 Å². The predicted molar refractivity (Wildman–Crippen MR) is 96.5 cm³/mol. The molecule has 1 N–H and O–H groups in total. The lowest BCUT2D eigenvalue weighted by molar-refractivity contribution is -0.137. The lowest BCUT2D eigenvalue weighted by atomic mass is 10.1. The van der Waals surface area contributed by atoms with Crippen molar-refractivity contribution in [1.82, 2.24) is 9.62 Å².